The molecule has 1 aliphatic rings. The van der Waals surface area contributed by atoms with Gasteiger partial charge in [0, 0.05) is 17.8 Å². The van der Waals surface area contributed by atoms with Gasteiger partial charge in [-0.1, -0.05) is 12.1 Å². The highest BCUT2D eigenvalue weighted by Crippen LogP contribution is 2.32. The van der Waals surface area contributed by atoms with Crippen molar-refractivity contribution >= 4 is 17.6 Å². The second-order valence-corrected chi connectivity index (χ2v) is 6.21. The molecule has 2 aromatic rings. The molecule has 24 heavy (non-hydrogen) atoms. The van der Waals surface area contributed by atoms with Crippen LogP contribution in [0.2, 0.25) is 0 Å². The lowest BCUT2D eigenvalue weighted by Crippen LogP contribution is -2.36. The number of nitrogens with zero attached hydrogens (tertiary/aromatic N) is 1. The molecule has 0 fully saturated rings. The minimum Gasteiger partial charge on any atom is -0.465 e. The molecule has 0 atom stereocenters. The molecule has 3 rings (SSSR count). The van der Waals surface area contributed by atoms with Gasteiger partial charge >= 0.3 is 5.97 Å². The van der Waals surface area contributed by atoms with E-state index in [1.807, 2.05) is 11.8 Å². The molecule has 4 heteroatoms. The lowest BCUT2D eigenvalue weighted by atomic mass is 9.94. The molecule has 0 unspecified atom stereocenters. The predicted molar refractivity (Wildman–Crippen MR) is 93.7 cm³/mol. The Kier molecular flexibility index (Phi) is 4.38. The second kappa shape index (κ2) is 6.48. The van der Waals surface area contributed by atoms with Crippen molar-refractivity contribution in [1.82, 2.24) is 0 Å². The highest BCUT2D eigenvalue weighted by molar-refractivity contribution is 6.08. The normalized spacial score (nSPS) is 13.4. The maximum Gasteiger partial charge on any atom is 0.337 e. The van der Waals surface area contributed by atoms with Crippen LogP contribution in [0.15, 0.2) is 36.4 Å². The lowest BCUT2D eigenvalue weighted by molar-refractivity contribution is 0.0600. The zero-order valence-electron chi connectivity index (χ0n) is 14.3. The van der Waals surface area contributed by atoms with Gasteiger partial charge in [-0.3, -0.25) is 4.79 Å². The van der Waals surface area contributed by atoms with E-state index in [2.05, 4.69) is 19.1 Å². The fraction of sp³-hybridized carbons (Fsp3) is 0.300. The number of methoxy groups -OCH3 is 1. The average molecular weight is 323 g/mol. The molecule has 0 saturated heterocycles. The molecule has 124 valence electrons. The van der Waals surface area contributed by atoms with Gasteiger partial charge in [0.25, 0.3) is 5.91 Å². The number of anilines is 1. The number of hydrogen-bond acceptors (Lipinski definition) is 3. The van der Waals surface area contributed by atoms with E-state index in [1.54, 1.807) is 24.3 Å². The van der Waals surface area contributed by atoms with E-state index in [-0.39, 0.29) is 5.91 Å². The standard InChI is InChI=1S/C20H21NO3/c1-13-10-14(2)17-8-5-9-21(18(17)11-13)19(22)15-6-4-7-16(12-15)20(23)24-3/h4,6-7,10-12H,5,8-9H2,1-3H3. The van der Waals surface area contributed by atoms with Crippen molar-refractivity contribution in [2.24, 2.45) is 0 Å². The Bertz CT molecular complexity index is 811. The molecule has 4 nitrogen and oxygen atoms in total. The number of hydrogen-bond donors (Lipinski definition) is 0. The Hall–Kier alpha value is -2.62. The number of ether oxygens (including phenoxy) is 1. The zero-order chi connectivity index (χ0) is 17.3. The largest absolute Gasteiger partial charge is 0.465 e. The first-order valence-corrected chi connectivity index (χ1v) is 8.11. The maximum absolute atomic E-state index is 13.0. The molecule has 0 aliphatic carbocycles. The number of esters is 1. The second-order valence-electron chi connectivity index (χ2n) is 6.21. The molecule has 2 aromatic carbocycles. The summed E-state index contributed by atoms with van der Waals surface area (Å²) >= 11 is 0. The summed E-state index contributed by atoms with van der Waals surface area (Å²) in [6.45, 7) is 4.83. The molecule has 0 aromatic heterocycles. The van der Waals surface area contributed by atoms with Crippen LogP contribution >= 0.6 is 0 Å². The van der Waals surface area contributed by atoms with Gasteiger partial charge in [-0.05, 0) is 67.6 Å². The van der Waals surface area contributed by atoms with Gasteiger partial charge in [-0.2, -0.15) is 0 Å². The summed E-state index contributed by atoms with van der Waals surface area (Å²) in [6, 6.07) is 10.9. The van der Waals surface area contributed by atoms with Crippen LogP contribution in [0.1, 0.15) is 43.8 Å². The van der Waals surface area contributed by atoms with Gasteiger partial charge in [-0.25, -0.2) is 4.79 Å². The molecule has 1 amide bonds. The number of carbonyl (C=O) groups excluding carboxylic acids is 2. The Morgan fingerprint density at radius 3 is 2.58 bits per heavy atom. The molecule has 0 saturated carbocycles. The number of rotatable bonds is 2. The quantitative estimate of drug-likeness (QED) is 0.792. The number of amides is 1. The number of carbonyl (C=O) groups is 2. The van der Waals surface area contributed by atoms with E-state index < -0.39 is 5.97 Å². The molecular formula is C20H21NO3. The first kappa shape index (κ1) is 16.2. The SMILES string of the molecule is COC(=O)c1cccc(C(=O)N2CCCc3c(C)cc(C)cc32)c1. The molecule has 0 bridgehead atoms. The fourth-order valence-electron chi connectivity index (χ4n) is 3.34. The van der Waals surface area contributed by atoms with Gasteiger partial charge in [0.1, 0.15) is 0 Å². The van der Waals surface area contributed by atoms with Crippen molar-refractivity contribution < 1.29 is 14.3 Å². The zero-order valence-corrected chi connectivity index (χ0v) is 14.3. The van der Waals surface area contributed by atoms with Crippen molar-refractivity contribution in [2.75, 3.05) is 18.6 Å². The Labute approximate surface area is 142 Å². The predicted octanol–water partition coefficient (Wildman–Crippen LogP) is 3.68. The van der Waals surface area contributed by atoms with Crippen LogP contribution in [0, 0.1) is 13.8 Å². The van der Waals surface area contributed by atoms with Crippen LogP contribution < -0.4 is 4.90 Å². The van der Waals surface area contributed by atoms with E-state index in [1.165, 1.54) is 18.2 Å². The van der Waals surface area contributed by atoms with Crippen molar-refractivity contribution in [2.45, 2.75) is 26.7 Å². The minimum atomic E-state index is -0.435. The van der Waals surface area contributed by atoms with E-state index >= 15 is 0 Å². The molecule has 0 radical (unpaired) electrons. The van der Waals surface area contributed by atoms with Crippen molar-refractivity contribution in [3.63, 3.8) is 0 Å². The van der Waals surface area contributed by atoms with Crippen molar-refractivity contribution in [3.05, 3.63) is 64.2 Å². The van der Waals surface area contributed by atoms with E-state index in [0.29, 0.717) is 17.7 Å². The molecular weight excluding hydrogens is 302 g/mol. The maximum atomic E-state index is 13.0. The van der Waals surface area contributed by atoms with Crippen LogP contribution in [0.25, 0.3) is 0 Å². The summed E-state index contributed by atoms with van der Waals surface area (Å²) in [5.41, 5.74) is 5.50. The van der Waals surface area contributed by atoms with Crippen LogP contribution in [0.3, 0.4) is 0 Å². The van der Waals surface area contributed by atoms with Crippen molar-refractivity contribution in [1.29, 1.82) is 0 Å². The lowest BCUT2D eigenvalue weighted by Gasteiger charge is -2.31. The number of fused-ring (bicyclic) bond motifs is 1. The highest BCUT2D eigenvalue weighted by atomic mass is 16.5. The molecule has 0 spiro atoms. The minimum absolute atomic E-state index is 0.0771. The summed E-state index contributed by atoms with van der Waals surface area (Å²) in [6.07, 6.45) is 1.94. The van der Waals surface area contributed by atoms with E-state index in [9.17, 15) is 9.59 Å². The smallest absolute Gasteiger partial charge is 0.337 e. The summed E-state index contributed by atoms with van der Waals surface area (Å²) in [5, 5.41) is 0. The first-order chi connectivity index (χ1) is 11.5. The first-order valence-electron chi connectivity index (χ1n) is 8.11. The number of aryl methyl sites for hydroxylation is 2. The molecule has 0 N–H and O–H groups in total. The van der Waals surface area contributed by atoms with Crippen LogP contribution in [0.5, 0.6) is 0 Å². The summed E-state index contributed by atoms with van der Waals surface area (Å²) in [7, 11) is 1.34. The van der Waals surface area contributed by atoms with Gasteiger partial charge < -0.3 is 9.64 Å². The van der Waals surface area contributed by atoms with Gasteiger partial charge in [-0.15, -0.1) is 0 Å². The summed E-state index contributed by atoms with van der Waals surface area (Å²) in [5.74, 6) is -0.512. The summed E-state index contributed by atoms with van der Waals surface area (Å²) < 4.78 is 4.74. The summed E-state index contributed by atoms with van der Waals surface area (Å²) in [4.78, 5) is 26.6. The van der Waals surface area contributed by atoms with Gasteiger partial charge in [0.05, 0.1) is 12.7 Å². The Morgan fingerprint density at radius 2 is 1.83 bits per heavy atom. The van der Waals surface area contributed by atoms with Crippen LogP contribution in [-0.2, 0) is 11.2 Å². The third-order valence-electron chi connectivity index (χ3n) is 4.47. The Balaban J connectivity index is 2.00. The Morgan fingerprint density at radius 1 is 1.08 bits per heavy atom. The van der Waals surface area contributed by atoms with Gasteiger partial charge in [0.15, 0.2) is 0 Å². The topological polar surface area (TPSA) is 46.6 Å². The molecule has 1 heterocycles. The number of benzene rings is 2. The third kappa shape index (κ3) is 2.92. The highest BCUT2D eigenvalue weighted by Gasteiger charge is 2.25. The van der Waals surface area contributed by atoms with Crippen LogP contribution in [-0.4, -0.2) is 25.5 Å². The molecule has 1 aliphatic heterocycles. The third-order valence-corrected chi connectivity index (χ3v) is 4.47. The van der Waals surface area contributed by atoms with Crippen LogP contribution in [0.4, 0.5) is 5.69 Å². The van der Waals surface area contributed by atoms with Gasteiger partial charge in [0.2, 0.25) is 0 Å². The fourth-order valence-corrected chi connectivity index (χ4v) is 3.34. The van der Waals surface area contributed by atoms with E-state index in [4.69, 9.17) is 4.74 Å². The monoisotopic (exact) mass is 323 g/mol. The van der Waals surface area contributed by atoms with E-state index in [0.717, 1.165) is 24.1 Å². The van der Waals surface area contributed by atoms with Crippen molar-refractivity contribution in [3.8, 4) is 0 Å². The average Bonchev–Trinajstić information content (AvgIpc) is 2.60.